The van der Waals surface area contributed by atoms with Crippen LogP contribution in [0.1, 0.15) is 13.3 Å². The second kappa shape index (κ2) is 5.06. The van der Waals surface area contributed by atoms with Crippen molar-refractivity contribution in [2.45, 2.75) is 30.4 Å². The van der Waals surface area contributed by atoms with E-state index >= 15 is 0 Å². The molecule has 4 nitrogen and oxygen atoms in total. The van der Waals surface area contributed by atoms with Crippen LogP contribution in [0.15, 0.2) is 33.6 Å². The van der Waals surface area contributed by atoms with Gasteiger partial charge in [0, 0.05) is 17.1 Å². The summed E-state index contributed by atoms with van der Waals surface area (Å²) in [6, 6.07) is 6.74. The lowest BCUT2D eigenvalue weighted by Crippen LogP contribution is -2.21. The number of hydrogen-bond acceptors (Lipinski definition) is 4. The molecule has 17 heavy (non-hydrogen) atoms. The molecule has 1 aliphatic rings. The lowest BCUT2D eigenvalue weighted by atomic mass is 10.2. The highest BCUT2D eigenvalue weighted by Gasteiger charge is 2.27. The first-order valence-corrected chi connectivity index (χ1v) is 7.60. The summed E-state index contributed by atoms with van der Waals surface area (Å²) in [6.45, 7) is 2.59. The van der Waals surface area contributed by atoms with E-state index in [0.29, 0.717) is 12.6 Å². The molecule has 2 rings (SSSR count). The quantitative estimate of drug-likeness (QED) is 0.865. The van der Waals surface area contributed by atoms with Crippen molar-refractivity contribution in [3.63, 3.8) is 0 Å². The van der Waals surface area contributed by atoms with Crippen molar-refractivity contribution in [2.75, 3.05) is 6.54 Å². The van der Waals surface area contributed by atoms with Gasteiger partial charge in [-0.1, -0.05) is 15.9 Å². The Kier molecular flexibility index (Phi) is 3.87. The van der Waals surface area contributed by atoms with Crippen LogP contribution in [0.4, 0.5) is 0 Å². The molecule has 94 valence electrons. The molecule has 6 heteroatoms. The van der Waals surface area contributed by atoms with Gasteiger partial charge < -0.3 is 5.32 Å². The summed E-state index contributed by atoms with van der Waals surface area (Å²) in [4.78, 5) is 0.195. The smallest absolute Gasteiger partial charge is 0.297 e. The Labute approximate surface area is 110 Å². The van der Waals surface area contributed by atoms with Crippen LogP contribution in [-0.2, 0) is 14.3 Å². The van der Waals surface area contributed by atoms with E-state index in [-0.39, 0.29) is 11.0 Å². The predicted molar refractivity (Wildman–Crippen MR) is 68.3 cm³/mol. The molecule has 1 aromatic rings. The van der Waals surface area contributed by atoms with Crippen molar-refractivity contribution in [3.05, 3.63) is 28.7 Å². The van der Waals surface area contributed by atoms with Crippen molar-refractivity contribution >= 4 is 26.0 Å². The van der Waals surface area contributed by atoms with E-state index in [2.05, 4.69) is 21.2 Å². The largest absolute Gasteiger partial charge is 0.312 e. The topological polar surface area (TPSA) is 55.4 Å². The fourth-order valence-corrected chi connectivity index (χ4v) is 3.15. The number of benzene rings is 1. The van der Waals surface area contributed by atoms with E-state index in [4.69, 9.17) is 4.18 Å². The standard InChI is InChI=1S/C11H14BrNO3S/c1-8-6-10(7-13-8)16-17(14,15)11-4-2-9(12)3-5-11/h2-5,8,10,13H,6-7H2,1H3. The number of nitrogens with one attached hydrogen (secondary N) is 1. The van der Waals surface area contributed by atoms with Crippen LogP contribution in [-0.4, -0.2) is 27.1 Å². The summed E-state index contributed by atoms with van der Waals surface area (Å²) in [5.74, 6) is 0. The molecule has 2 unspecified atom stereocenters. The summed E-state index contributed by atoms with van der Waals surface area (Å²) in [6.07, 6.45) is 0.453. The van der Waals surface area contributed by atoms with E-state index in [1.54, 1.807) is 12.1 Å². The van der Waals surface area contributed by atoms with E-state index < -0.39 is 10.1 Å². The van der Waals surface area contributed by atoms with Crippen LogP contribution >= 0.6 is 15.9 Å². The maximum atomic E-state index is 11.9. The average Bonchev–Trinajstić information content (AvgIpc) is 2.63. The van der Waals surface area contributed by atoms with Crippen molar-refractivity contribution in [1.82, 2.24) is 5.32 Å². The van der Waals surface area contributed by atoms with Crippen LogP contribution < -0.4 is 5.32 Å². The van der Waals surface area contributed by atoms with Gasteiger partial charge in [-0.05, 0) is 37.6 Å². The fourth-order valence-electron chi connectivity index (χ4n) is 1.80. The third-order valence-corrected chi connectivity index (χ3v) is 4.58. The third-order valence-electron chi connectivity index (χ3n) is 2.68. The minimum atomic E-state index is -3.64. The van der Waals surface area contributed by atoms with E-state index in [0.717, 1.165) is 10.9 Å². The van der Waals surface area contributed by atoms with Gasteiger partial charge >= 0.3 is 0 Å². The van der Waals surface area contributed by atoms with Crippen LogP contribution in [0, 0.1) is 0 Å². The molecular formula is C11H14BrNO3S. The lowest BCUT2D eigenvalue weighted by molar-refractivity contribution is 0.227. The minimum Gasteiger partial charge on any atom is -0.312 e. The van der Waals surface area contributed by atoms with E-state index in [1.165, 1.54) is 12.1 Å². The predicted octanol–water partition coefficient (Wildman–Crippen LogP) is 1.90. The van der Waals surface area contributed by atoms with Gasteiger partial charge in [-0.25, -0.2) is 0 Å². The first kappa shape index (κ1) is 13.0. The van der Waals surface area contributed by atoms with Gasteiger partial charge in [0.05, 0.1) is 11.0 Å². The highest BCUT2D eigenvalue weighted by molar-refractivity contribution is 9.10. The summed E-state index contributed by atoms with van der Waals surface area (Å²) in [5.41, 5.74) is 0. The summed E-state index contributed by atoms with van der Waals surface area (Å²) < 4.78 is 29.9. The van der Waals surface area contributed by atoms with Crippen molar-refractivity contribution in [1.29, 1.82) is 0 Å². The molecule has 0 aromatic heterocycles. The first-order valence-electron chi connectivity index (χ1n) is 5.39. The lowest BCUT2D eigenvalue weighted by Gasteiger charge is -2.10. The maximum Gasteiger partial charge on any atom is 0.297 e. The first-order chi connectivity index (χ1) is 7.97. The molecule has 0 amide bonds. The zero-order chi connectivity index (χ0) is 12.5. The molecule has 1 aromatic carbocycles. The molecule has 1 aliphatic heterocycles. The normalized spacial score (nSPS) is 25.1. The van der Waals surface area contributed by atoms with E-state index in [9.17, 15) is 8.42 Å². The zero-order valence-corrected chi connectivity index (χ0v) is 11.8. The number of halogens is 1. The highest BCUT2D eigenvalue weighted by atomic mass is 79.9. The molecule has 1 heterocycles. The van der Waals surface area contributed by atoms with Crippen molar-refractivity contribution < 1.29 is 12.6 Å². The van der Waals surface area contributed by atoms with Crippen LogP contribution in [0.2, 0.25) is 0 Å². The SMILES string of the molecule is CC1CC(OS(=O)(=O)c2ccc(Br)cc2)CN1. The van der Waals surface area contributed by atoms with Gasteiger partial charge in [0.25, 0.3) is 10.1 Å². The molecule has 0 spiro atoms. The van der Waals surface area contributed by atoms with E-state index in [1.807, 2.05) is 6.92 Å². The molecule has 2 atom stereocenters. The molecule has 0 saturated carbocycles. The van der Waals surface area contributed by atoms with Gasteiger partial charge in [-0.15, -0.1) is 0 Å². The van der Waals surface area contributed by atoms with Crippen LogP contribution in [0.3, 0.4) is 0 Å². The summed E-state index contributed by atoms with van der Waals surface area (Å²) >= 11 is 3.26. The van der Waals surface area contributed by atoms with Crippen molar-refractivity contribution in [2.24, 2.45) is 0 Å². The second-order valence-corrected chi connectivity index (χ2v) is 6.66. The Bertz CT molecular complexity index is 486. The number of hydrogen-bond donors (Lipinski definition) is 1. The fraction of sp³-hybridized carbons (Fsp3) is 0.455. The Hall–Kier alpha value is -0.430. The Balaban J connectivity index is 2.11. The Morgan fingerprint density at radius 1 is 1.35 bits per heavy atom. The monoisotopic (exact) mass is 319 g/mol. The van der Waals surface area contributed by atoms with Crippen LogP contribution in [0.5, 0.6) is 0 Å². The third kappa shape index (κ3) is 3.28. The maximum absolute atomic E-state index is 11.9. The van der Waals surface area contributed by atoms with Gasteiger partial charge in [0.1, 0.15) is 0 Å². The molecule has 0 aliphatic carbocycles. The van der Waals surface area contributed by atoms with Gasteiger partial charge in [0.2, 0.25) is 0 Å². The van der Waals surface area contributed by atoms with Crippen LogP contribution in [0.25, 0.3) is 0 Å². The Morgan fingerprint density at radius 2 is 2.00 bits per heavy atom. The highest BCUT2D eigenvalue weighted by Crippen LogP contribution is 2.20. The zero-order valence-electron chi connectivity index (χ0n) is 9.39. The Morgan fingerprint density at radius 3 is 2.53 bits per heavy atom. The molecule has 1 saturated heterocycles. The van der Waals surface area contributed by atoms with Crippen molar-refractivity contribution in [3.8, 4) is 0 Å². The summed E-state index contributed by atoms with van der Waals surface area (Å²) in [7, 11) is -3.64. The summed E-state index contributed by atoms with van der Waals surface area (Å²) in [5, 5.41) is 3.16. The average molecular weight is 320 g/mol. The molecule has 1 N–H and O–H groups in total. The minimum absolute atomic E-state index is 0.195. The van der Waals surface area contributed by atoms with Gasteiger partial charge in [-0.3, -0.25) is 4.18 Å². The molecule has 0 bridgehead atoms. The molecule has 1 fully saturated rings. The van der Waals surface area contributed by atoms with Gasteiger partial charge in [0.15, 0.2) is 0 Å². The molecule has 0 radical (unpaired) electrons. The molecular weight excluding hydrogens is 306 g/mol. The second-order valence-electron chi connectivity index (χ2n) is 4.17. The number of rotatable bonds is 3. The van der Waals surface area contributed by atoms with Gasteiger partial charge in [-0.2, -0.15) is 8.42 Å².